The Bertz CT molecular complexity index is 821. The minimum absolute atomic E-state index is 0.166. The van der Waals surface area contributed by atoms with Crippen LogP contribution < -0.4 is 9.47 Å². The van der Waals surface area contributed by atoms with Gasteiger partial charge in [-0.1, -0.05) is 23.7 Å². The number of carbonyl (C=O) groups excluding carboxylic acids is 2. The highest BCUT2D eigenvalue weighted by Gasteiger charge is 2.35. The zero-order chi connectivity index (χ0) is 19.3. The molecule has 0 aliphatic heterocycles. The maximum Gasteiger partial charge on any atom is 0.419 e. The molecule has 0 fully saturated rings. The summed E-state index contributed by atoms with van der Waals surface area (Å²) in [4.78, 5) is 23.3. The molecular weight excluding hydrogens is 380 g/mol. The van der Waals surface area contributed by atoms with Crippen LogP contribution in [0.25, 0.3) is 0 Å². The van der Waals surface area contributed by atoms with Crippen molar-refractivity contribution in [3.05, 3.63) is 58.9 Å². The van der Waals surface area contributed by atoms with Crippen molar-refractivity contribution in [3.8, 4) is 11.5 Å². The van der Waals surface area contributed by atoms with E-state index in [0.717, 1.165) is 12.1 Å². The molecule has 0 N–H and O–H groups in total. The van der Waals surface area contributed by atoms with Crippen LogP contribution in [0.5, 0.6) is 11.5 Å². The highest BCUT2D eigenvalue weighted by Crippen LogP contribution is 2.34. The summed E-state index contributed by atoms with van der Waals surface area (Å²) in [6.07, 6.45) is -5.84. The highest BCUT2D eigenvalue weighted by atomic mass is 35.5. The fourth-order valence-electron chi connectivity index (χ4n) is 1.90. The normalized spacial score (nSPS) is 11.1. The molecule has 0 amide bonds. The van der Waals surface area contributed by atoms with E-state index in [9.17, 15) is 27.2 Å². The zero-order valence-corrected chi connectivity index (χ0v) is 13.7. The summed E-state index contributed by atoms with van der Waals surface area (Å²) in [5, 5.41) is 0.342. The minimum atomic E-state index is -4.92. The molecule has 9 heteroatoms. The van der Waals surface area contributed by atoms with Crippen LogP contribution >= 0.6 is 11.6 Å². The highest BCUT2D eigenvalue weighted by molar-refractivity contribution is 6.30. The van der Waals surface area contributed by atoms with Gasteiger partial charge in [0.1, 0.15) is 5.75 Å². The third-order valence-corrected chi connectivity index (χ3v) is 3.29. The maximum atomic E-state index is 13.8. The van der Waals surface area contributed by atoms with Gasteiger partial charge in [-0.25, -0.2) is 4.39 Å². The first kappa shape index (κ1) is 19.7. The van der Waals surface area contributed by atoms with Crippen LogP contribution in [0, 0.1) is 5.82 Å². The molecule has 0 saturated carbocycles. The Kier molecular flexibility index (Phi) is 6.20. The number of hydrogen-bond acceptors (Lipinski definition) is 4. The van der Waals surface area contributed by atoms with Crippen LogP contribution in [0.2, 0.25) is 5.02 Å². The van der Waals surface area contributed by atoms with E-state index in [1.54, 1.807) is 12.1 Å². The molecule has 2 rings (SSSR count). The molecule has 0 saturated heterocycles. The lowest BCUT2D eigenvalue weighted by Crippen LogP contribution is -2.16. The van der Waals surface area contributed by atoms with Crippen molar-refractivity contribution in [2.75, 3.05) is 0 Å². The zero-order valence-electron chi connectivity index (χ0n) is 13.0. The molecular formula is C17H11ClF4O4. The number of carbonyl (C=O) groups is 2. The monoisotopic (exact) mass is 390 g/mol. The SMILES string of the molecule is O=C(CCC(=O)Oc1cccc(C(F)(F)F)c1F)Oc1cccc(Cl)c1. The lowest BCUT2D eigenvalue weighted by molar-refractivity contribution is -0.142. The van der Waals surface area contributed by atoms with Crippen LogP contribution in [0.3, 0.4) is 0 Å². The molecule has 0 aliphatic carbocycles. The number of esters is 2. The van der Waals surface area contributed by atoms with E-state index in [0.29, 0.717) is 11.1 Å². The second kappa shape index (κ2) is 8.18. The molecule has 0 aliphatic rings. The van der Waals surface area contributed by atoms with Crippen molar-refractivity contribution in [3.63, 3.8) is 0 Å². The van der Waals surface area contributed by atoms with Gasteiger partial charge in [-0.05, 0) is 30.3 Å². The van der Waals surface area contributed by atoms with E-state index in [1.807, 2.05) is 0 Å². The molecule has 2 aromatic carbocycles. The molecule has 0 heterocycles. The van der Waals surface area contributed by atoms with Crippen LogP contribution in [0.15, 0.2) is 42.5 Å². The van der Waals surface area contributed by atoms with Crippen LogP contribution in [0.1, 0.15) is 18.4 Å². The van der Waals surface area contributed by atoms with Gasteiger partial charge < -0.3 is 9.47 Å². The summed E-state index contributed by atoms with van der Waals surface area (Å²) >= 11 is 5.72. The fraction of sp³-hybridized carbons (Fsp3) is 0.176. The fourth-order valence-corrected chi connectivity index (χ4v) is 2.08. The topological polar surface area (TPSA) is 52.6 Å². The Hall–Kier alpha value is -2.61. The van der Waals surface area contributed by atoms with Crippen molar-refractivity contribution in [1.29, 1.82) is 0 Å². The Morgan fingerprint density at radius 2 is 1.58 bits per heavy atom. The number of alkyl halides is 3. The van der Waals surface area contributed by atoms with Crippen molar-refractivity contribution in [2.24, 2.45) is 0 Å². The van der Waals surface area contributed by atoms with Crippen molar-refractivity contribution < 1.29 is 36.6 Å². The molecule has 0 unspecified atom stereocenters. The Balaban J connectivity index is 1.92. The summed E-state index contributed by atoms with van der Waals surface area (Å²) in [6, 6.07) is 8.29. The molecule has 26 heavy (non-hydrogen) atoms. The first-order valence-electron chi connectivity index (χ1n) is 7.19. The van der Waals surface area contributed by atoms with E-state index in [1.165, 1.54) is 12.1 Å². The molecule has 0 aromatic heterocycles. The summed E-state index contributed by atoms with van der Waals surface area (Å²) in [7, 11) is 0. The average Bonchev–Trinajstić information content (AvgIpc) is 2.54. The van der Waals surface area contributed by atoms with Crippen molar-refractivity contribution in [2.45, 2.75) is 19.0 Å². The largest absolute Gasteiger partial charge is 0.426 e. The third-order valence-electron chi connectivity index (χ3n) is 3.05. The summed E-state index contributed by atoms with van der Waals surface area (Å²) in [6.45, 7) is 0. The third kappa shape index (κ3) is 5.45. The summed E-state index contributed by atoms with van der Waals surface area (Å²) < 4.78 is 61.1. The van der Waals surface area contributed by atoms with Gasteiger partial charge in [0.25, 0.3) is 0 Å². The average molecular weight is 391 g/mol. The number of rotatable bonds is 5. The van der Waals surface area contributed by atoms with Gasteiger partial charge in [-0.3, -0.25) is 9.59 Å². The molecule has 138 valence electrons. The second-order valence-corrected chi connectivity index (χ2v) is 5.46. The first-order valence-corrected chi connectivity index (χ1v) is 7.57. The standard InChI is InChI=1S/C17H11ClF4O4/c18-10-3-1-4-11(9-10)25-14(23)7-8-15(24)26-13-6-2-5-12(16(13)19)17(20,21)22/h1-6,9H,7-8H2. The van der Waals surface area contributed by atoms with Gasteiger partial charge in [0.05, 0.1) is 18.4 Å². The van der Waals surface area contributed by atoms with E-state index in [2.05, 4.69) is 4.74 Å². The van der Waals surface area contributed by atoms with Gasteiger partial charge in [0.2, 0.25) is 0 Å². The van der Waals surface area contributed by atoms with Gasteiger partial charge in [0.15, 0.2) is 11.6 Å². The van der Waals surface area contributed by atoms with Gasteiger partial charge in [0, 0.05) is 5.02 Å². The Morgan fingerprint density at radius 1 is 0.962 bits per heavy atom. The van der Waals surface area contributed by atoms with Gasteiger partial charge >= 0.3 is 18.1 Å². The predicted octanol–water partition coefficient (Wildman–Crippen LogP) is 4.79. The van der Waals surface area contributed by atoms with Gasteiger partial charge in [-0.2, -0.15) is 13.2 Å². The molecule has 0 spiro atoms. The lowest BCUT2D eigenvalue weighted by atomic mass is 10.2. The predicted molar refractivity (Wildman–Crippen MR) is 83.4 cm³/mol. The number of hydrogen-bond donors (Lipinski definition) is 0. The van der Waals surface area contributed by atoms with Crippen molar-refractivity contribution >= 4 is 23.5 Å². The van der Waals surface area contributed by atoms with Crippen molar-refractivity contribution in [1.82, 2.24) is 0 Å². The van der Waals surface area contributed by atoms with Gasteiger partial charge in [-0.15, -0.1) is 0 Å². The van der Waals surface area contributed by atoms with Crippen LogP contribution in [0.4, 0.5) is 17.6 Å². The Labute approximate surface area is 150 Å². The molecule has 4 nitrogen and oxygen atoms in total. The maximum absolute atomic E-state index is 13.8. The molecule has 0 bridgehead atoms. The smallest absolute Gasteiger partial charge is 0.419 e. The van der Waals surface area contributed by atoms with E-state index >= 15 is 0 Å². The van der Waals surface area contributed by atoms with Crippen LogP contribution in [-0.2, 0) is 15.8 Å². The lowest BCUT2D eigenvalue weighted by Gasteiger charge is -2.11. The minimum Gasteiger partial charge on any atom is -0.426 e. The summed E-state index contributed by atoms with van der Waals surface area (Å²) in [5.41, 5.74) is -1.55. The van der Waals surface area contributed by atoms with E-state index in [4.69, 9.17) is 16.3 Å². The Morgan fingerprint density at radius 3 is 2.19 bits per heavy atom. The number of benzene rings is 2. The quantitative estimate of drug-likeness (QED) is 0.418. The number of ether oxygens (including phenoxy) is 2. The molecule has 0 radical (unpaired) electrons. The van der Waals surface area contributed by atoms with E-state index < -0.39 is 48.1 Å². The first-order chi connectivity index (χ1) is 12.2. The summed E-state index contributed by atoms with van der Waals surface area (Å²) in [5.74, 6) is -4.26. The van der Waals surface area contributed by atoms with E-state index in [-0.39, 0.29) is 5.75 Å². The molecule has 2 aromatic rings. The second-order valence-electron chi connectivity index (χ2n) is 5.02. The molecule has 0 atom stereocenters. The number of halogens is 5. The van der Waals surface area contributed by atoms with Crippen LogP contribution in [-0.4, -0.2) is 11.9 Å².